The molecule has 0 radical (unpaired) electrons. The van der Waals surface area contributed by atoms with Crippen LogP contribution in [0.2, 0.25) is 0 Å². The smallest absolute Gasteiger partial charge is 0.193 e. The zero-order valence-electron chi connectivity index (χ0n) is 16.9. The van der Waals surface area contributed by atoms with Crippen molar-refractivity contribution in [3.05, 3.63) is 57.8 Å². The first-order valence-corrected chi connectivity index (χ1v) is 10.4. The maximum absolute atomic E-state index is 5.54. The molecule has 2 heterocycles. The SMILES string of the molecule is CN=C(NCC(c1cccs1)N1CCOCC1)N(C)Cc1ccc(C)cc1.I. The topological polar surface area (TPSA) is 40.1 Å². The van der Waals surface area contributed by atoms with Gasteiger partial charge in [-0.15, -0.1) is 35.3 Å². The van der Waals surface area contributed by atoms with Crippen molar-refractivity contribution in [3.63, 3.8) is 0 Å². The summed E-state index contributed by atoms with van der Waals surface area (Å²) in [6.07, 6.45) is 0. The van der Waals surface area contributed by atoms with Crippen LogP contribution < -0.4 is 5.32 Å². The summed E-state index contributed by atoms with van der Waals surface area (Å²) in [5, 5.41) is 5.74. The number of aryl methyl sites for hydroxylation is 1. The van der Waals surface area contributed by atoms with Gasteiger partial charge < -0.3 is 15.0 Å². The highest BCUT2D eigenvalue weighted by molar-refractivity contribution is 14.0. The van der Waals surface area contributed by atoms with Gasteiger partial charge in [0.15, 0.2) is 5.96 Å². The van der Waals surface area contributed by atoms with Crippen LogP contribution in [-0.4, -0.2) is 62.7 Å². The van der Waals surface area contributed by atoms with Crippen LogP contribution in [0.5, 0.6) is 0 Å². The lowest BCUT2D eigenvalue weighted by Gasteiger charge is -2.35. The summed E-state index contributed by atoms with van der Waals surface area (Å²) in [6.45, 7) is 7.36. The Morgan fingerprint density at radius 1 is 1.25 bits per heavy atom. The van der Waals surface area contributed by atoms with Crippen molar-refractivity contribution in [3.8, 4) is 0 Å². The lowest BCUT2D eigenvalue weighted by molar-refractivity contribution is 0.0176. The van der Waals surface area contributed by atoms with E-state index in [-0.39, 0.29) is 24.0 Å². The van der Waals surface area contributed by atoms with Gasteiger partial charge in [-0.3, -0.25) is 9.89 Å². The van der Waals surface area contributed by atoms with Gasteiger partial charge in [0.25, 0.3) is 0 Å². The first-order chi connectivity index (χ1) is 13.2. The minimum Gasteiger partial charge on any atom is -0.379 e. The molecular formula is C21H31IN4OS. The molecule has 2 aromatic rings. The van der Waals surface area contributed by atoms with Gasteiger partial charge in [0.1, 0.15) is 0 Å². The molecule has 0 bridgehead atoms. The third-order valence-electron chi connectivity index (χ3n) is 4.93. The number of guanidine groups is 1. The lowest BCUT2D eigenvalue weighted by atomic mass is 10.1. The normalized spacial score (nSPS) is 16.3. The van der Waals surface area contributed by atoms with Crippen molar-refractivity contribution in [1.29, 1.82) is 0 Å². The number of benzene rings is 1. The first kappa shape index (κ1) is 23.1. The minimum absolute atomic E-state index is 0. The molecule has 1 atom stereocenters. The average Bonchev–Trinajstić information content (AvgIpc) is 3.22. The Morgan fingerprint density at radius 3 is 2.57 bits per heavy atom. The molecule has 1 aliphatic heterocycles. The van der Waals surface area contributed by atoms with Crippen LogP contribution in [-0.2, 0) is 11.3 Å². The molecule has 3 rings (SSSR count). The van der Waals surface area contributed by atoms with Gasteiger partial charge >= 0.3 is 0 Å². The van der Waals surface area contributed by atoms with E-state index in [1.54, 1.807) is 0 Å². The molecule has 0 amide bonds. The third kappa shape index (κ3) is 6.43. The van der Waals surface area contributed by atoms with Crippen LogP contribution in [0.1, 0.15) is 22.0 Å². The number of hydrogen-bond donors (Lipinski definition) is 1. The van der Waals surface area contributed by atoms with Crippen molar-refractivity contribution in [1.82, 2.24) is 15.1 Å². The summed E-state index contributed by atoms with van der Waals surface area (Å²) in [5.41, 5.74) is 2.57. The molecule has 7 heteroatoms. The summed E-state index contributed by atoms with van der Waals surface area (Å²) >= 11 is 1.82. The molecule has 1 aromatic heterocycles. The Balaban J connectivity index is 0.00000280. The van der Waals surface area contributed by atoms with Crippen molar-refractivity contribution < 1.29 is 4.74 Å². The van der Waals surface area contributed by atoms with Gasteiger partial charge in [-0.2, -0.15) is 0 Å². The zero-order chi connectivity index (χ0) is 19.1. The van der Waals surface area contributed by atoms with Gasteiger partial charge in [-0.25, -0.2) is 0 Å². The fourth-order valence-electron chi connectivity index (χ4n) is 3.39. The lowest BCUT2D eigenvalue weighted by Crippen LogP contribution is -2.46. The number of nitrogens with one attached hydrogen (secondary N) is 1. The minimum atomic E-state index is 0. The molecule has 154 valence electrons. The van der Waals surface area contributed by atoms with E-state index in [0.29, 0.717) is 6.04 Å². The maximum Gasteiger partial charge on any atom is 0.193 e. The molecule has 0 aliphatic carbocycles. The van der Waals surface area contributed by atoms with E-state index in [4.69, 9.17) is 4.74 Å². The fourth-order valence-corrected chi connectivity index (χ4v) is 4.26. The van der Waals surface area contributed by atoms with Crippen molar-refractivity contribution in [2.45, 2.75) is 19.5 Å². The van der Waals surface area contributed by atoms with Crippen LogP contribution in [0.3, 0.4) is 0 Å². The van der Waals surface area contributed by atoms with Gasteiger partial charge in [-0.05, 0) is 23.9 Å². The summed E-state index contributed by atoms with van der Waals surface area (Å²) in [5.74, 6) is 0.922. The molecular weight excluding hydrogens is 483 g/mol. The summed E-state index contributed by atoms with van der Waals surface area (Å²) in [4.78, 5) is 10.6. The zero-order valence-corrected chi connectivity index (χ0v) is 20.1. The number of hydrogen-bond acceptors (Lipinski definition) is 4. The third-order valence-corrected chi connectivity index (χ3v) is 5.90. The van der Waals surface area contributed by atoms with Crippen LogP contribution in [0, 0.1) is 6.92 Å². The van der Waals surface area contributed by atoms with Gasteiger partial charge in [0.2, 0.25) is 0 Å². The van der Waals surface area contributed by atoms with E-state index in [1.807, 2.05) is 18.4 Å². The van der Waals surface area contributed by atoms with Gasteiger partial charge in [0.05, 0.1) is 19.3 Å². The van der Waals surface area contributed by atoms with Crippen LogP contribution >= 0.6 is 35.3 Å². The van der Waals surface area contributed by atoms with Crippen LogP contribution in [0.25, 0.3) is 0 Å². The highest BCUT2D eigenvalue weighted by Gasteiger charge is 2.24. The fraction of sp³-hybridized carbons (Fsp3) is 0.476. The monoisotopic (exact) mass is 514 g/mol. The Bertz CT molecular complexity index is 715. The molecule has 0 saturated carbocycles. The van der Waals surface area contributed by atoms with Crippen molar-refractivity contribution in [2.24, 2.45) is 4.99 Å². The van der Waals surface area contributed by atoms with E-state index in [1.165, 1.54) is 16.0 Å². The highest BCUT2D eigenvalue weighted by Crippen LogP contribution is 2.25. The second-order valence-corrected chi connectivity index (χ2v) is 7.93. The Hall–Kier alpha value is -1.16. The number of nitrogens with zero attached hydrogens (tertiary/aromatic N) is 3. The molecule has 0 spiro atoms. The number of ether oxygens (including phenoxy) is 1. The summed E-state index contributed by atoms with van der Waals surface area (Å²) in [6, 6.07) is 13.4. The van der Waals surface area contributed by atoms with Crippen molar-refractivity contribution in [2.75, 3.05) is 46.9 Å². The summed E-state index contributed by atoms with van der Waals surface area (Å²) in [7, 11) is 3.94. The highest BCUT2D eigenvalue weighted by atomic mass is 127. The van der Waals surface area contributed by atoms with E-state index >= 15 is 0 Å². The van der Waals surface area contributed by atoms with E-state index in [9.17, 15) is 0 Å². The largest absolute Gasteiger partial charge is 0.379 e. The summed E-state index contributed by atoms with van der Waals surface area (Å²) < 4.78 is 5.54. The van der Waals surface area contributed by atoms with Gasteiger partial charge in [-0.1, -0.05) is 35.9 Å². The van der Waals surface area contributed by atoms with Gasteiger partial charge in [0, 0.05) is 45.2 Å². The Labute approximate surface area is 189 Å². The Kier molecular flexibility index (Phi) is 9.70. The maximum atomic E-state index is 5.54. The molecule has 1 fully saturated rings. The van der Waals surface area contributed by atoms with Crippen molar-refractivity contribution >= 4 is 41.3 Å². The Morgan fingerprint density at radius 2 is 1.96 bits per heavy atom. The van der Waals surface area contributed by atoms with E-state index in [2.05, 4.69) is 75.9 Å². The number of morpholine rings is 1. The second kappa shape index (κ2) is 11.7. The number of aliphatic imine (C=N–C) groups is 1. The molecule has 1 saturated heterocycles. The quantitative estimate of drug-likeness (QED) is 0.362. The molecule has 1 N–H and O–H groups in total. The molecule has 1 aromatic carbocycles. The predicted octanol–water partition coefficient (Wildman–Crippen LogP) is 3.76. The second-order valence-electron chi connectivity index (χ2n) is 6.95. The van der Waals surface area contributed by atoms with E-state index < -0.39 is 0 Å². The van der Waals surface area contributed by atoms with Crippen LogP contribution in [0.15, 0.2) is 46.8 Å². The molecule has 1 unspecified atom stereocenters. The average molecular weight is 514 g/mol. The number of thiophene rings is 1. The molecule has 5 nitrogen and oxygen atoms in total. The molecule has 28 heavy (non-hydrogen) atoms. The van der Waals surface area contributed by atoms with E-state index in [0.717, 1.165) is 45.4 Å². The first-order valence-electron chi connectivity index (χ1n) is 9.50. The number of rotatable bonds is 6. The number of halogens is 1. The van der Waals surface area contributed by atoms with Crippen LogP contribution in [0.4, 0.5) is 0 Å². The standard InChI is InChI=1S/C21H30N4OS.HI/c1-17-6-8-18(9-7-17)16-24(3)21(22-2)23-15-19(20-5-4-14-27-20)25-10-12-26-13-11-25;/h4-9,14,19H,10-13,15-16H2,1-3H3,(H,22,23);1H. The molecule has 1 aliphatic rings. The predicted molar refractivity (Wildman–Crippen MR) is 129 cm³/mol.